The Bertz CT molecular complexity index is 1300. The molecule has 3 heterocycles. The fraction of sp³-hybridized carbons (Fsp3) is 0.370. The number of alkyl halides is 3. The van der Waals surface area contributed by atoms with Crippen LogP contribution in [0.4, 0.5) is 24.9 Å². The van der Waals surface area contributed by atoms with Crippen LogP contribution in [0.2, 0.25) is 0 Å². The van der Waals surface area contributed by atoms with Crippen molar-refractivity contribution in [1.82, 2.24) is 15.3 Å². The number of piperidine rings is 1. The summed E-state index contributed by atoms with van der Waals surface area (Å²) in [5.74, 6) is -0.946. The van der Waals surface area contributed by atoms with Crippen LogP contribution in [-0.4, -0.2) is 52.9 Å². The molecule has 2 saturated heterocycles. The van der Waals surface area contributed by atoms with Crippen molar-refractivity contribution in [3.63, 3.8) is 0 Å². The fourth-order valence-corrected chi connectivity index (χ4v) is 5.37. The molecule has 2 aromatic carbocycles. The van der Waals surface area contributed by atoms with Gasteiger partial charge in [0.05, 0.1) is 0 Å². The molecule has 0 bridgehead atoms. The van der Waals surface area contributed by atoms with Gasteiger partial charge in [0, 0.05) is 31.3 Å². The lowest BCUT2D eigenvalue weighted by atomic mass is 9.76. The van der Waals surface area contributed by atoms with Crippen LogP contribution in [0.15, 0.2) is 60.7 Å². The van der Waals surface area contributed by atoms with Crippen molar-refractivity contribution in [3.8, 4) is 17.0 Å². The van der Waals surface area contributed by atoms with Crippen LogP contribution in [0.1, 0.15) is 30.9 Å². The second-order valence-corrected chi connectivity index (χ2v) is 9.88. The Morgan fingerprint density at radius 1 is 1.11 bits per heavy atom. The van der Waals surface area contributed by atoms with Gasteiger partial charge in [0.2, 0.25) is 17.9 Å². The van der Waals surface area contributed by atoms with Gasteiger partial charge in [-0.25, -0.2) is 0 Å². The van der Waals surface area contributed by atoms with Gasteiger partial charge in [0.1, 0.15) is 11.9 Å². The van der Waals surface area contributed by atoms with Crippen molar-refractivity contribution >= 4 is 17.7 Å². The average Bonchev–Trinajstić information content (AvgIpc) is 3.31. The van der Waals surface area contributed by atoms with Gasteiger partial charge >= 0.3 is 12.1 Å². The number of hydrogen-bond acceptors (Lipinski definition) is 7. The molecule has 38 heavy (non-hydrogen) atoms. The number of hydrogen-bond donors (Lipinski definition) is 3. The van der Waals surface area contributed by atoms with Crippen molar-refractivity contribution in [2.75, 3.05) is 30.3 Å². The van der Waals surface area contributed by atoms with Gasteiger partial charge in [-0.3, -0.25) is 4.79 Å². The predicted molar refractivity (Wildman–Crippen MR) is 136 cm³/mol. The van der Waals surface area contributed by atoms with Crippen LogP contribution >= 0.6 is 0 Å². The zero-order valence-corrected chi connectivity index (χ0v) is 20.5. The third-order valence-electron chi connectivity index (χ3n) is 7.38. The minimum atomic E-state index is -4.72. The van der Waals surface area contributed by atoms with Crippen LogP contribution in [0.5, 0.6) is 5.88 Å². The maximum absolute atomic E-state index is 14.3. The van der Waals surface area contributed by atoms with Gasteiger partial charge in [0.15, 0.2) is 0 Å². The highest BCUT2D eigenvalue weighted by molar-refractivity contribution is 5.74. The minimum absolute atomic E-state index is 0.0356. The number of carboxylic acid groups (broad SMARTS) is 1. The fourth-order valence-electron chi connectivity index (χ4n) is 5.37. The van der Waals surface area contributed by atoms with E-state index in [-0.39, 0.29) is 22.8 Å². The van der Waals surface area contributed by atoms with Crippen LogP contribution in [0.3, 0.4) is 0 Å². The molecule has 8 nitrogen and oxygen atoms in total. The lowest BCUT2D eigenvalue weighted by Gasteiger charge is -2.39. The van der Waals surface area contributed by atoms with E-state index in [2.05, 4.69) is 15.3 Å². The number of nitrogens with one attached hydrogen (secondary N) is 1. The SMILES string of the molecule is Nc1nc(O[C@H](c2ccccc2-c2ccccc2)C(F)(F)F)cc(N2CCC3(CC2)CN[C@H](C(=O)O)C3)n1. The largest absolute Gasteiger partial charge is 0.480 e. The minimum Gasteiger partial charge on any atom is -0.480 e. The second kappa shape index (κ2) is 10.1. The molecular weight excluding hydrogens is 499 g/mol. The van der Waals surface area contributed by atoms with E-state index in [1.807, 2.05) is 4.90 Å². The number of aromatic nitrogens is 2. The number of nitrogens with two attached hydrogens (primary N) is 1. The molecule has 2 atom stereocenters. The predicted octanol–water partition coefficient (Wildman–Crippen LogP) is 4.44. The van der Waals surface area contributed by atoms with Crippen molar-refractivity contribution in [3.05, 3.63) is 66.2 Å². The van der Waals surface area contributed by atoms with E-state index >= 15 is 0 Å². The van der Waals surface area contributed by atoms with Gasteiger partial charge in [-0.15, -0.1) is 0 Å². The number of halogens is 3. The van der Waals surface area contributed by atoms with E-state index < -0.39 is 24.3 Å². The summed E-state index contributed by atoms with van der Waals surface area (Å²) in [6.45, 7) is 1.74. The first-order valence-corrected chi connectivity index (χ1v) is 12.4. The summed E-state index contributed by atoms with van der Waals surface area (Å²) in [5.41, 5.74) is 6.77. The molecule has 11 heteroatoms. The summed E-state index contributed by atoms with van der Waals surface area (Å²) in [7, 11) is 0. The zero-order chi connectivity index (χ0) is 26.9. The molecule has 1 aromatic heterocycles. The lowest BCUT2D eigenvalue weighted by molar-refractivity contribution is -0.198. The Morgan fingerprint density at radius 3 is 2.45 bits per heavy atom. The molecule has 0 saturated carbocycles. The highest BCUT2D eigenvalue weighted by Crippen LogP contribution is 2.43. The molecular formula is C27H28F3N5O3. The van der Waals surface area contributed by atoms with Gasteiger partial charge in [-0.1, -0.05) is 54.6 Å². The molecule has 3 aromatic rings. The van der Waals surface area contributed by atoms with Gasteiger partial charge in [-0.2, -0.15) is 23.1 Å². The summed E-state index contributed by atoms with van der Waals surface area (Å²) < 4.78 is 48.5. The third-order valence-corrected chi connectivity index (χ3v) is 7.38. The van der Waals surface area contributed by atoms with Crippen molar-refractivity contribution < 1.29 is 27.8 Å². The number of nitrogens with zero attached hydrogens (tertiary/aromatic N) is 3. The number of ether oxygens (including phenoxy) is 1. The summed E-state index contributed by atoms with van der Waals surface area (Å²) in [4.78, 5) is 21.5. The third kappa shape index (κ3) is 5.38. The molecule has 200 valence electrons. The number of carbonyl (C=O) groups is 1. The first kappa shape index (κ1) is 25.8. The molecule has 2 fully saturated rings. The molecule has 5 rings (SSSR count). The van der Waals surface area contributed by atoms with Crippen LogP contribution < -0.4 is 20.7 Å². The van der Waals surface area contributed by atoms with Crippen LogP contribution in [0.25, 0.3) is 11.1 Å². The number of anilines is 2. The van der Waals surface area contributed by atoms with Crippen molar-refractivity contribution in [1.29, 1.82) is 0 Å². The number of rotatable bonds is 6. The van der Waals surface area contributed by atoms with E-state index in [9.17, 15) is 23.1 Å². The van der Waals surface area contributed by atoms with E-state index in [1.54, 1.807) is 48.5 Å². The summed E-state index contributed by atoms with van der Waals surface area (Å²) in [5, 5.41) is 12.4. The summed E-state index contributed by atoms with van der Waals surface area (Å²) in [6.07, 6.45) is -5.01. The van der Waals surface area contributed by atoms with Gasteiger partial charge in [0.25, 0.3) is 0 Å². The molecule has 0 radical (unpaired) electrons. The molecule has 4 N–H and O–H groups in total. The van der Waals surface area contributed by atoms with Crippen LogP contribution in [0, 0.1) is 5.41 Å². The van der Waals surface area contributed by atoms with E-state index in [1.165, 1.54) is 12.1 Å². The Labute approximate surface area is 217 Å². The Hall–Kier alpha value is -3.86. The molecule has 1 spiro atoms. The van der Waals surface area contributed by atoms with E-state index in [4.69, 9.17) is 10.5 Å². The van der Waals surface area contributed by atoms with Crippen LogP contribution in [-0.2, 0) is 4.79 Å². The zero-order valence-electron chi connectivity index (χ0n) is 20.5. The van der Waals surface area contributed by atoms with E-state index in [0.717, 1.165) is 12.8 Å². The normalized spacial score (nSPS) is 19.9. The molecule has 0 amide bonds. The topological polar surface area (TPSA) is 114 Å². The average molecular weight is 528 g/mol. The first-order valence-electron chi connectivity index (χ1n) is 12.4. The van der Waals surface area contributed by atoms with Gasteiger partial charge in [-0.05, 0) is 35.8 Å². The number of aliphatic carboxylic acids is 1. The molecule has 2 aliphatic rings. The number of carboxylic acids is 1. The summed E-state index contributed by atoms with van der Waals surface area (Å²) >= 11 is 0. The highest BCUT2D eigenvalue weighted by atomic mass is 19.4. The number of nitrogen functional groups attached to an aromatic ring is 1. The molecule has 0 unspecified atom stereocenters. The number of benzene rings is 2. The summed E-state index contributed by atoms with van der Waals surface area (Å²) in [6, 6.07) is 15.9. The molecule has 2 aliphatic heterocycles. The monoisotopic (exact) mass is 527 g/mol. The van der Waals surface area contributed by atoms with Crippen molar-refractivity contribution in [2.24, 2.45) is 5.41 Å². The quantitative estimate of drug-likeness (QED) is 0.431. The Balaban J connectivity index is 1.38. The standard InChI is InChI=1S/C27H28F3N5O3/c28-27(29,30)23(19-9-5-4-8-18(19)17-6-2-1-3-7-17)38-22-14-21(33-25(31)34-22)35-12-10-26(11-13-35)15-20(24(36)37)32-16-26/h1-9,14,20,23,32H,10-13,15-16H2,(H,36,37)(H2,31,33,34)/t20-,23+/m0/s1. The maximum Gasteiger partial charge on any atom is 0.429 e. The maximum atomic E-state index is 14.3. The lowest BCUT2D eigenvalue weighted by Crippen LogP contribution is -2.41. The molecule has 0 aliphatic carbocycles. The Kier molecular flexibility index (Phi) is 6.87. The van der Waals surface area contributed by atoms with Gasteiger partial charge < -0.3 is 25.8 Å². The second-order valence-electron chi connectivity index (χ2n) is 9.88. The first-order chi connectivity index (χ1) is 18.1. The van der Waals surface area contributed by atoms with E-state index in [0.29, 0.717) is 43.0 Å². The van der Waals surface area contributed by atoms with Crippen molar-refractivity contribution in [2.45, 2.75) is 37.6 Å². The smallest absolute Gasteiger partial charge is 0.429 e. The Morgan fingerprint density at radius 2 is 1.79 bits per heavy atom. The highest BCUT2D eigenvalue weighted by Gasteiger charge is 2.45.